The molecule has 5 nitrogen and oxygen atoms in total. The van der Waals surface area contributed by atoms with Crippen molar-refractivity contribution in [2.75, 3.05) is 26.2 Å². The lowest BCUT2D eigenvalue weighted by Crippen LogP contribution is -2.41. The fourth-order valence-electron chi connectivity index (χ4n) is 1.86. The Morgan fingerprint density at radius 1 is 1.50 bits per heavy atom. The van der Waals surface area contributed by atoms with Gasteiger partial charge in [0, 0.05) is 13.1 Å². The summed E-state index contributed by atoms with van der Waals surface area (Å²) < 4.78 is 0. The molecule has 0 aromatic heterocycles. The molecular formula is C11H21N3O2. The first-order chi connectivity index (χ1) is 7.49. The minimum absolute atomic E-state index is 0.0541. The summed E-state index contributed by atoms with van der Waals surface area (Å²) >= 11 is 0. The third kappa shape index (κ3) is 2.95. The average molecular weight is 227 g/mol. The summed E-state index contributed by atoms with van der Waals surface area (Å²) in [6, 6.07) is 0. The third-order valence-electron chi connectivity index (χ3n) is 3.12. The molecule has 1 heterocycles. The van der Waals surface area contributed by atoms with Gasteiger partial charge in [0.2, 0.25) is 11.8 Å². The lowest BCUT2D eigenvalue weighted by Gasteiger charge is -2.21. The highest BCUT2D eigenvalue weighted by Gasteiger charge is 2.40. The molecule has 16 heavy (non-hydrogen) atoms. The normalized spacial score (nSPS) is 24.8. The minimum atomic E-state index is -0.541. The molecule has 0 spiro atoms. The summed E-state index contributed by atoms with van der Waals surface area (Å²) in [7, 11) is 0. The molecule has 1 saturated heterocycles. The molecule has 5 heteroatoms. The largest absolute Gasteiger partial charge is 0.369 e. The van der Waals surface area contributed by atoms with Crippen LogP contribution >= 0.6 is 0 Å². The van der Waals surface area contributed by atoms with Gasteiger partial charge in [-0.3, -0.25) is 9.59 Å². The molecule has 1 aliphatic rings. The number of nitrogens with two attached hydrogens (primary N) is 1. The van der Waals surface area contributed by atoms with Gasteiger partial charge >= 0.3 is 0 Å². The smallest absolute Gasteiger partial charge is 0.236 e. The van der Waals surface area contributed by atoms with Crippen LogP contribution in [0.15, 0.2) is 0 Å². The van der Waals surface area contributed by atoms with Crippen LogP contribution in [0.2, 0.25) is 0 Å². The first-order valence-corrected chi connectivity index (χ1v) is 5.78. The van der Waals surface area contributed by atoms with E-state index in [4.69, 9.17) is 5.73 Å². The Labute approximate surface area is 96.4 Å². The Hall–Kier alpha value is -1.10. The van der Waals surface area contributed by atoms with Gasteiger partial charge in [-0.1, -0.05) is 6.92 Å². The standard InChI is InChI=1S/C11H21N3O2/c1-3-5-13-7-9(15)14-6-4-11(2,8-14)10(12)16/h13H,3-8H2,1-2H3,(H2,12,16). The Balaban J connectivity index is 2.41. The zero-order chi connectivity index (χ0) is 12.2. The van der Waals surface area contributed by atoms with Gasteiger partial charge in [-0.25, -0.2) is 0 Å². The van der Waals surface area contributed by atoms with Gasteiger partial charge in [-0.2, -0.15) is 0 Å². The molecule has 1 unspecified atom stereocenters. The topological polar surface area (TPSA) is 75.4 Å². The average Bonchev–Trinajstić information content (AvgIpc) is 2.63. The zero-order valence-corrected chi connectivity index (χ0v) is 10.1. The number of rotatable bonds is 5. The van der Waals surface area contributed by atoms with Gasteiger partial charge in [-0.15, -0.1) is 0 Å². The molecule has 0 bridgehead atoms. The predicted molar refractivity (Wildman–Crippen MR) is 61.7 cm³/mol. The molecule has 0 aromatic carbocycles. The molecule has 1 rings (SSSR count). The number of amides is 2. The van der Waals surface area contributed by atoms with E-state index in [1.807, 2.05) is 6.92 Å². The minimum Gasteiger partial charge on any atom is -0.369 e. The highest BCUT2D eigenvalue weighted by molar-refractivity contribution is 5.84. The van der Waals surface area contributed by atoms with Crippen molar-refractivity contribution in [3.8, 4) is 0 Å². The number of carbonyl (C=O) groups is 2. The van der Waals surface area contributed by atoms with Crippen LogP contribution in [0.5, 0.6) is 0 Å². The molecule has 0 saturated carbocycles. The van der Waals surface area contributed by atoms with Crippen molar-refractivity contribution < 1.29 is 9.59 Å². The summed E-state index contributed by atoms with van der Waals surface area (Å²) in [4.78, 5) is 24.7. The first-order valence-electron chi connectivity index (χ1n) is 5.78. The van der Waals surface area contributed by atoms with Gasteiger partial charge in [0.15, 0.2) is 0 Å². The van der Waals surface area contributed by atoms with E-state index >= 15 is 0 Å². The summed E-state index contributed by atoms with van der Waals surface area (Å²) in [5, 5.41) is 3.06. The summed E-state index contributed by atoms with van der Waals surface area (Å²) in [5.74, 6) is -0.261. The lowest BCUT2D eigenvalue weighted by molar-refractivity contribution is -0.130. The monoisotopic (exact) mass is 227 g/mol. The van der Waals surface area contributed by atoms with E-state index in [-0.39, 0.29) is 11.8 Å². The third-order valence-corrected chi connectivity index (χ3v) is 3.12. The molecule has 0 aromatic rings. The fourth-order valence-corrected chi connectivity index (χ4v) is 1.86. The van der Waals surface area contributed by atoms with E-state index in [2.05, 4.69) is 12.2 Å². The van der Waals surface area contributed by atoms with Crippen molar-refractivity contribution in [3.05, 3.63) is 0 Å². The predicted octanol–water partition coefficient (Wildman–Crippen LogP) is -0.290. The second kappa shape index (κ2) is 5.30. The Kier molecular flexibility index (Phi) is 4.29. The van der Waals surface area contributed by atoms with Crippen molar-refractivity contribution in [1.29, 1.82) is 0 Å². The maximum absolute atomic E-state index is 11.7. The Morgan fingerprint density at radius 3 is 2.69 bits per heavy atom. The van der Waals surface area contributed by atoms with Crippen molar-refractivity contribution in [2.45, 2.75) is 26.7 Å². The highest BCUT2D eigenvalue weighted by atomic mass is 16.2. The van der Waals surface area contributed by atoms with Crippen LogP contribution in [0, 0.1) is 5.41 Å². The van der Waals surface area contributed by atoms with Crippen LogP contribution < -0.4 is 11.1 Å². The maximum atomic E-state index is 11.7. The van der Waals surface area contributed by atoms with Crippen LogP contribution in [-0.4, -0.2) is 42.9 Å². The highest BCUT2D eigenvalue weighted by Crippen LogP contribution is 2.29. The quantitative estimate of drug-likeness (QED) is 0.634. The van der Waals surface area contributed by atoms with E-state index in [1.165, 1.54) is 0 Å². The van der Waals surface area contributed by atoms with Gasteiger partial charge in [0.05, 0.1) is 12.0 Å². The second-order valence-electron chi connectivity index (χ2n) is 4.67. The molecule has 0 aliphatic carbocycles. The van der Waals surface area contributed by atoms with E-state index in [1.54, 1.807) is 4.90 Å². The van der Waals surface area contributed by atoms with Gasteiger partial charge < -0.3 is 16.0 Å². The maximum Gasteiger partial charge on any atom is 0.236 e. The number of hydrogen-bond acceptors (Lipinski definition) is 3. The van der Waals surface area contributed by atoms with Crippen LogP contribution in [0.25, 0.3) is 0 Å². The van der Waals surface area contributed by atoms with Crippen molar-refractivity contribution in [1.82, 2.24) is 10.2 Å². The number of nitrogens with one attached hydrogen (secondary N) is 1. The van der Waals surface area contributed by atoms with Crippen LogP contribution in [0.3, 0.4) is 0 Å². The summed E-state index contributed by atoms with van der Waals surface area (Å²) in [5.41, 5.74) is 4.78. The molecule has 1 atom stereocenters. The number of nitrogens with zero attached hydrogens (tertiary/aromatic N) is 1. The van der Waals surface area contributed by atoms with Crippen molar-refractivity contribution >= 4 is 11.8 Å². The van der Waals surface area contributed by atoms with Crippen molar-refractivity contribution in [3.63, 3.8) is 0 Å². The molecule has 2 amide bonds. The molecule has 3 N–H and O–H groups in total. The Bertz CT molecular complexity index is 280. The zero-order valence-electron chi connectivity index (χ0n) is 10.1. The fraction of sp³-hybridized carbons (Fsp3) is 0.818. The molecular weight excluding hydrogens is 206 g/mol. The van der Waals surface area contributed by atoms with Gasteiger partial charge in [0.1, 0.15) is 0 Å². The van der Waals surface area contributed by atoms with E-state index in [0.29, 0.717) is 26.1 Å². The van der Waals surface area contributed by atoms with Crippen LogP contribution in [-0.2, 0) is 9.59 Å². The number of primary amides is 1. The molecule has 1 aliphatic heterocycles. The van der Waals surface area contributed by atoms with Crippen molar-refractivity contribution in [2.24, 2.45) is 11.1 Å². The lowest BCUT2D eigenvalue weighted by atomic mass is 9.89. The Morgan fingerprint density at radius 2 is 2.19 bits per heavy atom. The molecule has 92 valence electrons. The van der Waals surface area contributed by atoms with E-state index < -0.39 is 5.41 Å². The van der Waals surface area contributed by atoms with Gasteiger partial charge in [-0.05, 0) is 26.3 Å². The first kappa shape index (κ1) is 13.0. The van der Waals surface area contributed by atoms with Crippen LogP contribution in [0.1, 0.15) is 26.7 Å². The summed E-state index contributed by atoms with van der Waals surface area (Å²) in [6.07, 6.45) is 1.67. The number of carbonyl (C=O) groups excluding carboxylic acids is 2. The second-order valence-corrected chi connectivity index (χ2v) is 4.67. The SMILES string of the molecule is CCCNCC(=O)N1CCC(C)(C(N)=O)C1. The van der Waals surface area contributed by atoms with Gasteiger partial charge in [0.25, 0.3) is 0 Å². The van der Waals surface area contributed by atoms with E-state index in [0.717, 1.165) is 13.0 Å². The molecule has 1 fully saturated rings. The number of likely N-dealkylation sites (tertiary alicyclic amines) is 1. The number of hydrogen-bond donors (Lipinski definition) is 2. The summed E-state index contributed by atoms with van der Waals surface area (Å²) in [6.45, 7) is 6.15. The van der Waals surface area contributed by atoms with E-state index in [9.17, 15) is 9.59 Å². The van der Waals surface area contributed by atoms with Crippen LogP contribution in [0.4, 0.5) is 0 Å². The molecule has 0 radical (unpaired) electrons.